The van der Waals surface area contributed by atoms with E-state index in [1.165, 1.54) is 22.3 Å². The summed E-state index contributed by atoms with van der Waals surface area (Å²) in [6.45, 7) is 5.76. The van der Waals surface area contributed by atoms with Crippen molar-refractivity contribution in [3.63, 3.8) is 0 Å². The molecule has 130 valence electrons. The SMILES string of the molecule is Cc1cc(C)c2c(c1)CCN(C(=O)C1CC13CCS(=O)(=O)CC3)C2. The zero-order valence-corrected chi connectivity index (χ0v) is 15.3. The molecular formula is C19H25NO3S. The van der Waals surface area contributed by atoms with E-state index in [0.717, 1.165) is 19.4 Å². The van der Waals surface area contributed by atoms with Gasteiger partial charge in [0.05, 0.1) is 11.5 Å². The number of carbonyl (C=O) groups is 1. The first kappa shape index (κ1) is 16.1. The third kappa shape index (κ3) is 2.67. The number of nitrogens with zero attached hydrogens (tertiary/aromatic N) is 1. The Bertz CT molecular complexity index is 798. The first-order valence-corrected chi connectivity index (χ1v) is 10.7. The number of hydrogen-bond acceptors (Lipinski definition) is 3. The van der Waals surface area contributed by atoms with Crippen LogP contribution < -0.4 is 0 Å². The number of fused-ring (bicyclic) bond motifs is 1. The Morgan fingerprint density at radius 3 is 2.62 bits per heavy atom. The third-order valence-electron chi connectivity index (χ3n) is 6.33. The molecule has 2 heterocycles. The summed E-state index contributed by atoms with van der Waals surface area (Å²) in [5.74, 6) is 0.830. The predicted octanol–water partition coefficient (Wildman–Crippen LogP) is 2.40. The summed E-state index contributed by atoms with van der Waals surface area (Å²) in [6.07, 6.45) is 3.16. The molecule has 1 amide bonds. The quantitative estimate of drug-likeness (QED) is 0.784. The number of rotatable bonds is 1. The van der Waals surface area contributed by atoms with E-state index in [1.807, 2.05) is 4.90 Å². The molecule has 0 radical (unpaired) electrons. The highest BCUT2D eigenvalue weighted by molar-refractivity contribution is 7.91. The minimum atomic E-state index is -2.86. The van der Waals surface area contributed by atoms with Crippen LogP contribution in [0.5, 0.6) is 0 Å². The van der Waals surface area contributed by atoms with Crippen molar-refractivity contribution in [2.24, 2.45) is 11.3 Å². The van der Waals surface area contributed by atoms with Gasteiger partial charge < -0.3 is 4.90 Å². The zero-order valence-electron chi connectivity index (χ0n) is 14.5. The first-order chi connectivity index (χ1) is 11.3. The number of carbonyl (C=O) groups excluding carboxylic acids is 1. The first-order valence-electron chi connectivity index (χ1n) is 8.88. The van der Waals surface area contributed by atoms with Crippen molar-refractivity contribution < 1.29 is 13.2 Å². The summed E-state index contributed by atoms with van der Waals surface area (Å²) in [7, 11) is -2.86. The third-order valence-corrected chi connectivity index (χ3v) is 7.98. The maximum Gasteiger partial charge on any atom is 0.226 e. The summed E-state index contributed by atoms with van der Waals surface area (Å²) < 4.78 is 23.3. The van der Waals surface area contributed by atoms with Crippen LogP contribution in [0.2, 0.25) is 0 Å². The minimum absolute atomic E-state index is 0.00893. The normalized spacial score (nSPS) is 26.9. The fourth-order valence-corrected chi connectivity index (χ4v) is 6.30. The lowest BCUT2D eigenvalue weighted by Gasteiger charge is -2.32. The van der Waals surface area contributed by atoms with Crippen molar-refractivity contribution in [1.82, 2.24) is 4.90 Å². The standard InChI is InChI=1S/C19H25NO3S/c1-13-9-14(2)16-12-20(6-3-15(16)10-13)18(21)17-11-19(17)4-7-24(22,23)8-5-19/h9-10,17H,3-8,11-12H2,1-2H3. The van der Waals surface area contributed by atoms with Crippen LogP contribution in [0.15, 0.2) is 12.1 Å². The average Bonchev–Trinajstić information content (AvgIpc) is 3.24. The van der Waals surface area contributed by atoms with Crippen LogP contribution in [0, 0.1) is 25.2 Å². The van der Waals surface area contributed by atoms with Gasteiger partial charge >= 0.3 is 0 Å². The lowest BCUT2D eigenvalue weighted by Crippen LogP contribution is -2.39. The molecule has 3 aliphatic rings. The average molecular weight is 347 g/mol. The molecule has 1 saturated carbocycles. The second-order valence-electron chi connectivity index (χ2n) is 8.00. The van der Waals surface area contributed by atoms with Crippen LogP contribution in [0.1, 0.15) is 41.5 Å². The Balaban J connectivity index is 1.47. The lowest BCUT2D eigenvalue weighted by molar-refractivity contribution is -0.134. The van der Waals surface area contributed by atoms with Gasteiger partial charge in [-0.15, -0.1) is 0 Å². The predicted molar refractivity (Wildman–Crippen MR) is 93.5 cm³/mol. The molecule has 5 heteroatoms. The summed E-state index contributed by atoms with van der Waals surface area (Å²) in [5, 5.41) is 0. The van der Waals surface area contributed by atoms with Crippen LogP contribution in [-0.2, 0) is 27.6 Å². The van der Waals surface area contributed by atoms with Crippen LogP contribution in [0.25, 0.3) is 0 Å². The van der Waals surface area contributed by atoms with Crippen molar-refractivity contribution in [2.75, 3.05) is 18.1 Å². The van der Waals surface area contributed by atoms with E-state index in [2.05, 4.69) is 26.0 Å². The summed E-state index contributed by atoms with van der Waals surface area (Å²) in [4.78, 5) is 15.0. The molecular weight excluding hydrogens is 322 g/mol. The fraction of sp³-hybridized carbons (Fsp3) is 0.632. The van der Waals surface area contributed by atoms with Crippen LogP contribution in [0.3, 0.4) is 0 Å². The van der Waals surface area contributed by atoms with E-state index in [1.54, 1.807) is 0 Å². The fourth-order valence-electron chi connectivity index (χ4n) is 4.66. The minimum Gasteiger partial charge on any atom is -0.338 e. The molecule has 1 spiro atoms. The largest absolute Gasteiger partial charge is 0.338 e. The Hall–Kier alpha value is -1.36. The zero-order chi connectivity index (χ0) is 17.1. The van der Waals surface area contributed by atoms with E-state index in [9.17, 15) is 13.2 Å². The van der Waals surface area contributed by atoms with E-state index in [-0.39, 0.29) is 28.7 Å². The highest BCUT2D eigenvalue weighted by Gasteiger charge is 2.60. The summed E-state index contributed by atoms with van der Waals surface area (Å²) in [5.41, 5.74) is 5.24. The van der Waals surface area contributed by atoms with E-state index >= 15 is 0 Å². The topological polar surface area (TPSA) is 54.5 Å². The number of aryl methyl sites for hydroxylation is 2. The molecule has 4 nitrogen and oxygen atoms in total. The van der Waals surface area contributed by atoms with Gasteiger partial charge in [-0.25, -0.2) is 8.42 Å². The van der Waals surface area contributed by atoms with Gasteiger partial charge in [0, 0.05) is 19.0 Å². The number of hydrogen-bond donors (Lipinski definition) is 0. The number of amides is 1. The molecule has 1 atom stereocenters. The Kier molecular flexibility index (Phi) is 3.57. The summed E-state index contributed by atoms with van der Waals surface area (Å²) in [6, 6.07) is 4.44. The van der Waals surface area contributed by atoms with Crippen LogP contribution in [-0.4, -0.2) is 37.3 Å². The molecule has 2 aliphatic heterocycles. The smallest absolute Gasteiger partial charge is 0.226 e. The van der Waals surface area contributed by atoms with Gasteiger partial charge in [0.2, 0.25) is 5.91 Å². The molecule has 1 aromatic rings. The van der Waals surface area contributed by atoms with Gasteiger partial charge in [-0.05, 0) is 61.6 Å². The molecule has 0 aromatic heterocycles. The van der Waals surface area contributed by atoms with Crippen molar-refractivity contribution in [3.05, 3.63) is 34.4 Å². The molecule has 4 rings (SSSR count). The van der Waals surface area contributed by atoms with Crippen molar-refractivity contribution in [1.29, 1.82) is 0 Å². The Morgan fingerprint density at radius 2 is 1.92 bits per heavy atom. The molecule has 24 heavy (non-hydrogen) atoms. The van der Waals surface area contributed by atoms with Gasteiger partial charge in [0.1, 0.15) is 9.84 Å². The highest BCUT2D eigenvalue weighted by atomic mass is 32.2. The molecule has 1 saturated heterocycles. The Labute approximate surface area is 144 Å². The van der Waals surface area contributed by atoms with Crippen molar-refractivity contribution >= 4 is 15.7 Å². The van der Waals surface area contributed by atoms with Crippen LogP contribution >= 0.6 is 0 Å². The monoisotopic (exact) mass is 347 g/mol. The van der Waals surface area contributed by atoms with E-state index < -0.39 is 9.84 Å². The van der Waals surface area contributed by atoms with Gasteiger partial charge in [0.15, 0.2) is 0 Å². The van der Waals surface area contributed by atoms with Crippen molar-refractivity contribution in [2.45, 2.75) is 46.1 Å². The maximum absolute atomic E-state index is 13.0. The second-order valence-corrected chi connectivity index (χ2v) is 10.3. The molecule has 1 aromatic carbocycles. The molecule has 1 aliphatic carbocycles. The van der Waals surface area contributed by atoms with Gasteiger partial charge in [-0.2, -0.15) is 0 Å². The molecule has 1 unspecified atom stereocenters. The summed E-state index contributed by atoms with van der Waals surface area (Å²) >= 11 is 0. The molecule has 0 N–H and O–H groups in total. The van der Waals surface area contributed by atoms with Gasteiger partial charge in [-0.1, -0.05) is 17.7 Å². The van der Waals surface area contributed by atoms with Crippen LogP contribution in [0.4, 0.5) is 0 Å². The molecule has 0 bridgehead atoms. The van der Waals surface area contributed by atoms with Gasteiger partial charge in [-0.3, -0.25) is 4.79 Å². The van der Waals surface area contributed by atoms with Crippen molar-refractivity contribution in [3.8, 4) is 0 Å². The number of benzene rings is 1. The molecule has 2 fully saturated rings. The Morgan fingerprint density at radius 1 is 1.21 bits per heavy atom. The van der Waals surface area contributed by atoms with E-state index in [0.29, 0.717) is 19.4 Å². The van der Waals surface area contributed by atoms with Gasteiger partial charge in [0.25, 0.3) is 0 Å². The second kappa shape index (κ2) is 5.32. The number of sulfone groups is 1. The lowest BCUT2D eigenvalue weighted by atomic mass is 9.92. The highest BCUT2D eigenvalue weighted by Crippen LogP contribution is 2.60. The van der Waals surface area contributed by atoms with E-state index in [4.69, 9.17) is 0 Å². The maximum atomic E-state index is 13.0.